The highest BCUT2D eigenvalue weighted by molar-refractivity contribution is 5.87. The predicted molar refractivity (Wildman–Crippen MR) is 56.6 cm³/mol. The van der Waals surface area contributed by atoms with Crippen LogP contribution in [0.3, 0.4) is 0 Å². The molecule has 0 saturated carbocycles. The summed E-state index contributed by atoms with van der Waals surface area (Å²) in [7, 11) is 0. The number of nitrogens with two attached hydrogens (primary N) is 1. The van der Waals surface area contributed by atoms with E-state index in [2.05, 4.69) is 0 Å². The summed E-state index contributed by atoms with van der Waals surface area (Å²) in [5.41, 5.74) is 6.17. The van der Waals surface area contributed by atoms with Crippen LogP contribution in [0.15, 0.2) is 24.3 Å². The van der Waals surface area contributed by atoms with E-state index in [9.17, 15) is 4.79 Å². The summed E-state index contributed by atoms with van der Waals surface area (Å²) >= 11 is 0. The number of aromatic carboxylic acids is 1. The molecular formula is C10H15NO4. The van der Waals surface area contributed by atoms with E-state index in [4.69, 9.17) is 21.1 Å². The standard InChI is InChI=1S/C7H7NO2.C3H8O2/c8-6-3-1-5(2-4-6)7(9)10;1-3(5)2-4/h1-4H,8H2,(H,9,10);3-5H,2H2,1H3. The third kappa shape index (κ3) is 6.48. The maximum Gasteiger partial charge on any atom is 0.335 e. The van der Waals surface area contributed by atoms with Crippen molar-refractivity contribution in [3.63, 3.8) is 0 Å². The zero-order chi connectivity index (χ0) is 11.8. The van der Waals surface area contributed by atoms with Crippen LogP contribution in [-0.4, -0.2) is 34.0 Å². The molecule has 0 fully saturated rings. The van der Waals surface area contributed by atoms with Gasteiger partial charge in [0.15, 0.2) is 0 Å². The van der Waals surface area contributed by atoms with Crippen molar-refractivity contribution >= 4 is 11.7 Å². The summed E-state index contributed by atoms with van der Waals surface area (Å²) in [6.07, 6.45) is -0.560. The van der Waals surface area contributed by atoms with Crippen molar-refractivity contribution in [3.05, 3.63) is 29.8 Å². The lowest BCUT2D eigenvalue weighted by molar-refractivity contribution is 0.0697. The number of carbonyl (C=O) groups is 1. The first-order valence-corrected chi connectivity index (χ1v) is 4.35. The maximum absolute atomic E-state index is 10.3. The second-order valence-corrected chi connectivity index (χ2v) is 2.96. The largest absolute Gasteiger partial charge is 0.478 e. The van der Waals surface area contributed by atoms with Crippen LogP contribution in [0.25, 0.3) is 0 Å². The van der Waals surface area contributed by atoms with Gasteiger partial charge in [0.25, 0.3) is 0 Å². The first-order valence-electron chi connectivity index (χ1n) is 4.35. The average molecular weight is 213 g/mol. The molecule has 0 spiro atoms. The normalized spacial score (nSPS) is 11.1. The maximum atomic E-state index is 10.3. The molecule has 0 aliphatic heterocycles. The number of aliphatic hydroxyl groups excluding tert-OH is 2. The van der Waals surface area contributed by atoms with E-state index in [1.807, 2.05) is 0 Å². The molecule has 1 unspecified atom stereocenters. The fraction of sp³-hybridized carbons (Fsp3) is 0.300. The highest BCUT2D eigenvalue weighted by atomic mass is 16.4. The number of carboxylic acids is 1. The molecule has 0 heterocycles. The minimum atomic E-state index is -0.931. The second-order valence-electron chi connectivity index (χ2n) is 2.96. The Bertz CT molecular complexity index is 295. The van der Waals surface area contributed by atoms with Gasteiger partial charge in [-0.3, -0.25) is 0 Å². The quantitative estimate of drug-likeness (QED) is 0.530. The number of hydrogen-bond donors (Lipinski definition) is 4. The summed E-state index contributed by atoms with van der Waals surface area (Å²) in [4.78, 5) is 10.3. The van der Waals surface area contributed by atoms with Crippen molar-refractivity contribution in [1.82, 2.24) is 0 Å². The van der Waals surface area contributed by atoms with E-state index in [0.29, 0.717) is 5.69 Å². The molecule has 84 valence electrons. The van der Waals surface area contributed by atoms with Gasteiger partial charge in [-0.15, -0.1) is 0 Å². The summed E-state index contributed by atoms with van der Waals surface area (Å²) in [6, 6.07) is 6.06. The number of carboxylic acid groups (broad SMARTS) is 1. The molecule has 0 aliphatic rings. The van der Waals surface area contributed by atoms with Gasteiger partial charge in [0.05, 0.1) is 18.3 Å². The third-order valence-electron chi connectivity index (χ3n) is 1.42. The zero-order valence-electron chi connectivity index (χ0n) is 8.42. The van der Waals surface area contributed by atoms with Crippen molar-refractivity contribution in [2.75, 3.05) is 12.3 Å². The monoisotopic (exact) mass is 213 g/mol. The Morgan fingerprint density at radius 3 is 2.07 bits per heavy atom. The summed E-state index contributed by atoms with van der Waals surface area (Å²) in [5, 5.41) is 24.4. The smallest absolute Gasteiger partial charge is 0.335 e. The van der Waals surface area contributed by atoms with Crippen LogP contribution in [0, 0.1) is 0 Å². The molecule has 0 aromatic heterocycles. The highest BCUT2D eigenvalue weighted by Gasteiger charge is 1.98. The molecule has 1 aromatic rings. The zero-order valence-corrected chi connectivity index (χ0v) is 8.42. The van der Waals surface area contributed by atoms with Crippen LogP contribution in [0.1, 0.15) is 17.3 Å². The van der Waals surface area contributed by atoms with Gasteiger partial charge in [0.1, 0.15) is 0 Å². The Morgan fingerprint density at radius 2 is 1.80 bits per heavy atom. The Morgan fingerprint density at radius 1 is 1.40 bits per heavy atom. The van der Waals surface area contributed by atoms with E-state index in [1.54, 1.807) is 12.1 Å². The van der Waals surface area contributed by atoms with Gasteiger partial charge in [-0.1, -0.05) is 0 Å². The predicted octanol–water partition coefficient (Wildman–Crippen LogP) is 0.326. The number of benzene rings is 1. The third-order valence-corrected chi connectivity index (χ3v) is 1.42. The molecule has 0 amide bonds. The lowest BCUT2D eigenvalue weighted by Crippen LogP contribution is -2.03. The Hall–Kier alpha value is -1.59. The summed E-state index contributed by atoms with van der Waals surface area (Å²) < 4.78 is 0. The SMILES string of the molecule is CC(O)CO.Nc1ccc(C(=O)O)cc1. The van der Waals surface area contributed by atoms with Gasteiger partial charge < -0.3 is 21.1 Å². The Balaban J connectivity index is 0.000000336. The van der Waals surface area contributed by atoms with E-state index in [0.717, 1.165) is 0 Å². The topological polar surface area (TPSA) is 104 Å². The minimum absolute atomic E-state index is 0.139. The van der Waals surface area contributed by atoms with Crippen molar-refractivity contribution in [2.24, 2.45) is 0 Å². The van der Waals surface area contributed by atoms with Crippen LogP contribution in [0.4, 0.5) is 5.69 Å². The van der Waals surface area contributed by atoms with E-state index < -0.39 is 12.1 Å². The average Bonchev–Trinajstić information content (AvgIpc) is 2.19. The molecule has 15 heavy (non-hydrogen) atoms. The molecule has 5 nitrogen and oxygen atoms in total. The van der Waals surface area contributed by atoms with Crippen LogP contribution < -0.4 is 5.73 Å². The van der Waals surface area contributed by atoms with Crippen LogP contribution in [0.2, 0.25) is 0 Å². The molecule has 0 saturated heterocycles. The fourth-order valence-corrected chi connectivity index (χ4v) is 0.626. The van der Waals surface area contributed by atoms with Crippen LogP contribution >= 0.6 is 0 Å². The molecule has 0 radical (unpaired) electrons. The van der Waals surface area contributed by atoms with Gasteiger partial charge in [0.2, 0.25) is 0 Å². The first-order chi connectivity index (χ1) is 6.97. The molecule has 1 atom stereocenters. The lowest BCUT2D eigenvalue weighted by atomic mass is 10.2. The van der Waals surface area contributed by atoms with Crippen LogP contribution in [0.5, 0.6) is 0 Å². The van der Waals surface area contributed by atoms with Gasteiger partial charge in [-0.05, 0) is 31.2 Å². The molecule has 1 rings (SSSR count). The molecule has 5 N–H and O–H groups in total. The molecule has 5 heteroatoms. The van der Waals surface area contributed by atoms with E-state index in [1.165, 1.54) is 19.1 Å². The summed E-state index contributed by atoms with van der Waals surface area (Å²) in [5.74, 6) is -0.931. The van der Waals surface area contributed by atoms with Crippen molar-refractivity contribution in [3.8, 4) is 0 Å². The number of rotatable bonds is 2. The van der Waals surface area contributed by atoms with Crippen molar-refractivity contribution in [2.45, 2.75) is 13.0 Å². The molecule has 0 aliphatic carbocycles. The minimum Gasteiger partial charge on any atom is -0.478 e. The van der Waals surface area contributed by atoms with Gasteiger partial charge in [-0.25, -0.2) is 4.79 Å². The second kappa shape index (κ2) is 6.80. The number of aliphatic hydroxyl groups is 2. The van der Waals surface area contributed by atoms with Crippen molar-refractivity contribution in [1.29, 1.82) is 0 Å². The number of anilines is 1. The van der Waals surface area contributed by atoms with Gasteiger partial charge in [-0.2, -0.15) is 0 Å². The molecule has 0 bridgehead atoms. The number of hydrogen-bond acceptors (Lipinski definition) is 4. The summed E-state index contributed by atoms with van der Waals surface area (Å²) in [6.45, 7) is 1.39. The first kappa shape index (κ1) is 13.4. The van der Waals surface area contributed by atoms with Crippen molar-refractivity contribution < 1.29 is 20.1 Å². The fourth-order valence-electron chi connectivity index (χ4n) is 0.626. The van der Waals surface area contributed by atoms with E-state index in [-0.39, 0.29) is 12.2 Å². The lowest BCUT2D eigenvalue weighted by Gasteiger charge is -1.93. The van der Waals surface area contributed by atoms with Gasteiger partial charge in [0, 0.05) is 5.69 Å². The van der Waals surface area contributed by atoms with Gasteiger partial charge >= 0.3 is 5.97 Å². The van der Waals surface area contributed by atoms with E-state index >= 15 is 0 Å². The number of nitrogen functional groups attached to an aromatic ring is 1. The Labute approximate surface area is 87.8 Å². The molecular weight excluding hydrogens is 198 g/mol. The highest BCUT2D eigenvalue weighted by Crippen LogP contribution is 2.04. The van der Waals surface area contributed by atoms with Crippen LogP contribution in [-0.2, 0) is 0 Å². The Kier molecular flexibility index (Phi) is 6.08. The molecule has 1 aromatic carbocycles.